The number of benzene rings is 2. The maximum absolute atomic E-state index is 10.6. The first kappa shape index (κ1) is 18.4. The van der Waals surface area contributed by atoms with E-state index in [0.29, 0.717) is 5.02 Å². The lowest BCUT2D eigenvalue weighted by Crippen LogP contribution is -2.24. The second-order valence-electron chi connectivity index (χ2n) is 5.72. The lowest BCUT2D eigenvalue weighted by atomic mass is 9.91. The topological polar surface area (TPSA) is 68.3 Å². The van der Waals surface area contributed by atoms with Crippen LogP contribution in [-0.4, -0.2) is 30.5 Å². The van der Waals surface area contributed by atoms with Gasteiger partial charge in [0.15, 0.2) is 0 Å². The van der Waals surface area contributed by atoms with Crippen LogP contribution in [0.3, 0.4) is 0 Å². The predicted molar refractivity (Wildman–Crippen MR) is 95.6 cm³/mol. The number of hydrogen-bond donors (Lipinski definition) is 1. The summed E-state index contributed by atoms with van der Waals surface area (Å²) < 4.78 is 12.2. The fourth-order valence-corrected chi connectivity index (χ4v) is 3.43. The molecule has 2 atom stereocenters. The van der Waals surface area contributed by atoms with Crippen LogP contribution in [0.1, 0.15) is 22.3 Å². The first-order chi connectivity index (χ1) is 12.0. The Morgan fingerprint density at radius 1 is 1.28 bits per heavy atom. The van der Waals surface area contributed by atoms with Crippen molar-refractivity contribution in [3.8, 4) is 0 Å². The molecule has 0 aromatic heterocycles. The number of halogens is 2. The molecule has 25 heavy (non-hydrogen) atoms. The second kappa shape index (κ2) is 7.85. The number of ether oxygens (including phenoxy) is 2. The van der Waals surface area contributed by atoms with Gasteiger partial charge in [-0.3, -0.25) is 4.89 Å². The zero-order chi connectivity index (χ0) is 17.9. The molecule has 0 saturated carbocycles. The molecule has 2 saturated heterocycles. The van der Waals surface area contributed by atoms with Gasteiger partial charge in [0.05, 0.1) is 12.2 Å². The van der Waals surface area contributed by atoms with E-state index in [-0.39, 0.29) is 17.3 Å². The van der Waals surface area contributed by atoms with Crippen molar-refractivity contribution in [2.75, 3.05) is 13.2 Å². The van der Waals surface area contributed by atoms with Crippen molar-refractivity contribution in [1.29, 1.82) is 0 Å². The highest BCUT2D eigenvalue weighted by Crippen LogP contribution is 2.51. The van der Waals surface area contributed by atoms with Gasteiger partial charge in [-0.1, -0.05) is 45.7 Å². The van der Waals surface area contributed by atoms with Gasteiger partial charge in [-0.25, -0.2) is 4.79 Å². The van der Waals surface area contributed by atoms with E-state index in [4.69, 9.17) is 26.3 Å². The molecule has 0 aliphatic carbocycles. The summed E-state index contributed by atoms with van der Waals surface area (Å²) in [6.45, 7) is 1.55. The molecule has 132 valence electrons. The Kier molecular flexibility index (Phi) is 5.76. The maximum Gasteiger partial charge on any atom is 0.372 e. The number of rotatable bonds is 2. The van der Waals surface area contributed by atoms with Crippen LogP contribution in [-0.2, 0) is 20.0 Å². The van der Waals surface area contributed by atoms with E-state index in [2.05, 4.69) is 39.0 Å². The summed E-state index contributed by atoms with van der Waals surface area (Å²) >= 11 is 9.04. The van der Waals surface area contributed by atoms with Crippen molar-refractivity contribution in [2.24, 2.45) is 0 Å². The summed E-state index contributed by atoms with van der Waals surface area (Å²) in [5, 5.41) is 8.41. The van der Waals surface area contributed by atoms with E-state index in [1.54, 1.807) is 12.1 Å². The van der Waals surface area contributed by atoms with Crippen molar-refractivity contribution < 1.29 is 24.4 Å². The molecule has 0 bridgehead atoms. The molecule has 2 aliphatic heterocycles. The number of epoxide rings is 1. The lowest BCUT2D eigenvalue weighted by molar-refractivity contribution is -0.182. The number of carbonyl (C=O) groups excluding carboxylic acids is 1. The van der Waals surface area contributed by atoms with Crippen molar-refractivity contribution in [3.63, 3.8) is 0 Å². The van der Waals surface area contributed by atoms with Gasteiger partial charge in [0, 0.05) is 22.5 Å². The van der Waals surface area contributed by atoms with Crippen LogP contribution in [0, 0.1) is 0 Å². The van der Waals surface area contributed by atoms with Gasteiger partial charge in [0.25, 0.3) is 0 Å². The van der Waals surface area contributed by atoms with Crippen LogP contribution in [0.5, 0.6) is 0 Å². The molecule has 2 aromatic rings. The minimum Gasteiger partial charge on any atom is -0.378 e. The van der Waals surface area contributed by atoms with Crippen molar-refractivity contribution in [1.82, 2.24) is 0 Å². The molecular weight excluding hydrogens is 412 g/mol. The Morgan fingerprint density at radius 3 is 2.76 bits per heavy atom. The molecule has 4 rings (SSSR count). The molecule has 2 aromatic carbocycles. The Hall–Kier alpha value is -1.44. The van der Waals surface area contributed by atoms with E-state index in [0.717, 1.165) is 24.1 Å². The van der Waals surface area contributed by atoms with Crippen LogP contribution in [0.4, 0.5) is 0 Å². The molecule has 7 heteroatoms. The van der Waals surface area contributed by atoms with Crippen molar-refractivity contribution in [2.45, 2.75) is 18.1 Å². The van der Waals surface area contributed by atoms with Crippen LogP contribution >= 0.6 is 27.5 Å². The number of hydrogen-bond acceptors (Lipinski definition) is 5. The second-order valence-corrected chi connectivity index (χ2v) is 7.07. The van der Waals surface area contributed by atoms with Crippen LogP contribution in [0.25, 0.3) is 0 Å². The third kappa shape index (κ3) is 4.22. The number of fused-ring (bicyclic) bond motifs is 1. The Morgan fingerprint density at radius 2 is 2.08 bits per heavy atom. The third-order valence-corrected chi connectivity index (χ3v) is 4.89. The number of carbonyl (C=O) groups is 1. The fourth-order valence-electron chi connectivity index (χ4n) is 2.84. The van der Waals surface area contributed by atoms with Gasteiger partial charge >= 0.3 is 5.97 Å². The largest absolute Gasteiger partial charge is 0.378 e. The minimum absolute atomic E-state index is 0.0258. The van der Waals surface area contributed by atoms with E-state index < -0.39 is 5.97 Å². The summed E-state index contributed by atoms with van der Waals surface area (Å²) in [5.74, 6) is -0.813. The molecule has 0 amide bonds. The monoisotopic (exact) mass is 426 g/mol. The molecular formula is C18H16BrClO5. The SMILES string of the molecule is Brc1cccc(C23CCOCC2O3)c1.O=C(OO)c1cccc(Cl)c1. The normalized spacial score (nSPS) is 23.7. The minimum atomic E-state index is -0.813. The molecule has 2 heterocycles. The van der Waals surface area contributed by atoms with Crippen molar-refractivity contribution >= 4 is 33.5 Å². The highest BCUT2D eigenvalue weighted by molar-refractivity contribution is 9.10. The summed E-state index contributed by atoms with van der Waals surface area (Å²) in [6.07, 6.45) is 1.26. The van der Waals surface area contributed by atoms with Gasteiger partial charge < -0.3 is 9.47 Å². The molecule has 2 fully saturated rings. The Labute approximate surface area is 158 Å². The van der Waals surface area contributed by atoms with Crippen LogP contribution < -0.4 is 0 Å². The zero-order valence-corrected chi connectivity index (χ0v) is 15.5. The Balaban J connectivity index is 0.000000151. The molecule has 0 radical (unpaired) electrons. The summed E-state index contributed by atoms with van der Waals surface area (Å²) in [5.41, 5.74) is 1.47. The molecule has 0 spiro atoms. The quantitative estimate of drug-likeness (QED) is 0.436. The molecule has 2 unspecified atom stereocenters. The molecule has 2 aliphatic rings. The van der Waals surface area contributed by atoms with Gasteiger partial charge in [0.1, 0.15) is 11.7 Å². The van der Waals surface area contributed by atoms with E-state index >= 15 is 0 Å². The van der Waals surface area contributed by atoms with E-state index in [1.165, 1.54) is 17.7 Å². The predicted octanol–water partition coefficient (Wildman–Crippen LogP) is 4.43. The first-order valence-electron chi connectivity index (χ1n) is 7.68. The van der Waals surface area contributed by atoms with Gasteiger partial charge in [-0.15, -0.1) is 0 Å². The molecule has 1 N–H and O–H groups in total. The van der Waals surface area contributed by atoms with Gasteiger partial charge in [-0.05, 0) is 35.9 Å². The van der Waals surface area contributed by atoms with Crippen molar-refractivity contribution in [3.05, 3.63) is 69.2 Å². The maximum atomic E-state index is 10.6. The average molecular weight is 428 g/mol. The molecule has 5 nitrogen and oxygen atoms in total. The van der Waals surface area contributed by atoms with Crippen LogP contribution in [0.2, 0.25) is 5.02 Å². The third-order valence-electron chi connectivity index (χ3n) is 4.16. The fraction of sp³-hybridized carbons (Fsp3) is 0.278. The average Bonchev–Trinajstić information content (AvgIpc) is 3.38. The van der Waals surface area contributed by atoms with Crippen LogP contribution in [0.15, 0.2) is 53.0 Å². The zero-order valence-electron chi connectivity index (χ0n) is 13.2. The summed E-state index contributed by atoms with van der Waals surface area (Å²) in [7, 11) is 0. The standard InChI is InChI=1S/C11H11BrO2.C7H5ClO3/c12-9-3-1-2-8(6-9)11-4-5-13-7-10(11)14-11;8-6-3-1-2-5(4-6)7(9)11-10/h1-3,6,10H,4-5,7H2;1-4,10H. The highest BCUT2D eigenvalue weighted by atomic mass is 79.9. The summed E-state index contributed by atoms with van der Waals surface area (Å²) in [6, 6.07) is 14.5. The summed E-state index contributed by atoms with van der Waals surface area (Å²) in [4.78, 5) is 14.1. The van der Waals surface area contributed by atoms with E-state index in [1.807, 2.05) is 6.07 Å². The first-order valence-corrected chi connectivity index (χ1v) is 8.85. The van der Waals surface area contributed by atoms with E-state index in [9.17, 15) is 4.79 Å². The van der Waals surface area contributed by atoms with Gasteiger partial charge in [-0.2, -0.15) is 5.26 Å². The Bertz CT molecular complexity index is 769. The smallest absolute Gasteiger partial charge is 0.372 e. The van der Waals surface area contributed by atoms with Gasteiger partial charge in [0.2, 0.25) is 0 Å². The lowest BCUT2D eigenvalue weighted by Gasteiger charge is -2.18. The highest BCUT2D eigenvalue weighted by Gasteiger charge is 2.59.